The lowest BCUT2D eigenvalue weighted by Gasteiger charge is -2.15. The number of nitrogens with one attached hydrogen (secondary N) is 1. The molecule has 5 nitrogen and oxygen atoms in total. The van der Waals surface area contributed by atoms with Crippen molar-refractivity contribution in [1.82, 2.24) is 25.1 Å². The number of aromatic nitrogens is 4. The summed E-state index contributed by atoms with van der Waals surface area (Å²) in [5.41, 5.74) is 4.51. The predicted octanol–water partition coefficient (Wildman–Crippen LogP) is 4.52. The van der Waals surface area contributed by atoms with Crippen molar-refractivity contribution in [2.75, 3.05) is 13.1 Å². The van der Waals surface area contributed by atoms with Crippen LogP contribution in [0.4, 0.5) is 0 Å². The average molecular weight is 381 g/mol. The van der Waals surface area contributed by atoms with Crippen LogP contribution in [0.5, 0.6) is 0 Å². The molecule has 1 saturated heterocycles. The fourth-order valence-corrected chi connectivity index (χ4v) is 3.98. The summed E-state index contributed by atoms with van der Waals surface area (Å²) in [6, 6.07) is 23.0. The molecule has 3 heterocycles. The average Bonchev–Trinajstić information content (AvgIpc) is 3.45. The first-order valence-corrected chi connectivity index (χ1v) is 10.0. The van der Waals surface area contributed by atoms with Gasteiger partial charge in [-0.15, -0.1) is 0 Å². The van der Waals surface area contributed by atoms with Crippen LogP contribution in [-0.2, 0) is 6.54 Å². The SMILES string of the molecule is c1ccc(CN2CCC(c3nc(-c4cncc(-c5ccccc5)c4)n[nH]3)C2)cc1. The second-order valence-corrected chi connectivity index (χ2v) is 7.58. The first-order chi connectivity index (χ1) is 14.3. The monoisotopic (exact) mass is 381 g/mol. The van der Waals surface area contributed by atoms with Crippen molar-refractivity contribution in [1.29, 1.82) is 0 Å². The summed E-state index contributed by atoms with van der Waals surface area (Å²) >= 11 is 0. The van der Waals surface area contributed by atoms with Crippen molar-refractivity contribution >= 4 is 0 Å². The van der Waals surface area contributed by atoms with Gasteiger partial charge >= 0.3 is 0 Å². The van der Waals surface area contributed by atoms with Gasteiger partial charge in [-0.3, -0.25) is 15.0 Å². The molecule has 0 bridgehead atoms. The number of pyridine rings is 1. The highest BCUT2D eigenvalue weighted by Crippen LogP contribution is 2.28. The van der Waals surface area contributed by atoms with Gasteiger partial charge in [-0.2, -0.15) is 5.10 Å². The van der Waals surface area contributed by atoms with E-state index in [1.54, 1.807) is 0 Å². The van der Waals surface area contributed by atoms with E-state index in [1.807, 2.05) is 30.6 Å². The van der Waals surface area contributed by atoms with E-state index in [0.717, 1.165) is 48.6 Å². The van der Waals surface area contributed by atoms with Crippen LogP contribution < -0.4 is 0 Å². The van der Waals surface area contributed by atoms with E-state index in [9.17, 15) is 0 Å². The molecule has 144 valence electrons. The highest BCUT2D eigenvalue weighted by molar-refractivity contribution is 5.68. The zero-order valence-corrected chi connectivity index (χ0v) is 16.2. The molecule has 1 aliphatic rings. The lowest BCUT2D eigenvalue weighted by molar-refractivity contribution is 0.326. The number of likely N-dealkylation sites (tertiary alicyclic amines) is 1. The van der Waals surface area contributed by atoms with Crippen LogP contribution in [0.15, 0.2) is 79.1 Å². The number of aromatic amines is 1. The molecule has 29 heavy (non-hydrogen) atoms. The summed E-state index contributed by atoms with van der Waals surface area (Å²) in [4.78, 5) is 11.7. The summed E-state index contributed by atoms with van der Waals surface area (Å²) < 4.78 is 0. The molecular formula is C24H23N5. The van der Waals surface area contributed by atoms with Crippen molar-refractivity contribution in [3.8, 4) is 22.5 Å². The molecule has 0 radical (unpaired) electrons. The van der Waals surface area contributed by atoms with Crippen molar-refractivity contribution in [2.45, 2.75) is 18.9 Å². The van der Waals surface area contributed by atoms with E-state index in [1.165, 1.54) is 5.56 Å². The Balaban J connectivity index is 1.30. The molecule has 1 aliphatic heterocycles. The molecule has 0 amide bonds. The van der Waals surface area contributed by atoms with Crippen molar-refractivity contribution in [2.24, 2.45) is 0 Å². The maximum absolute atomic E-state index is 4.81. The fourth-order valence-electron chi connectivity index (χ4n) is 3.98. The maximum Gasteiger partial charge on any atom is 0.182 e. The van der Waals surface area contributed by atoms with E-state index in [0.29, 0.717) is 11.7 Å². The van der Waals surface area contributed by atoms with Crippen LogP contribution >= 0.6 is 0 Å². The maximum atomic E-state index is 4.81. The van der Waals surface area contributed by atoms with Gasteiger partial charge in [-0.05, 0) is 30.2 Å². The highest BCUT2D eigenvalue weighted by atomic mass is 15.2. The van der Waals surface area contributed by atoms with E-state index in [-0.39, 0.29) is 0 Å². The number of hydrogen-bond acceptors (Lipinski definition) is 4. The van der Waals surface area contributed by atoms with Crippen LogP contribution in [0.2, 0.25) is 0 Å². The lowest BCUT2D eigenvalue weighted by atomic mass is 10.1. The molecule has 2 aromatic carbocycles. The summed E-state index contributed by atoms with van der Waals surface area (Å²) in [7, 11) is 0. The van der Waals surface area contributed by atoms with E-state index in [4.69, 9.17) is 4.98 Å². The predicted molar refractivity (Wildman–Crippen MR) is 114 cm³/mol. The molecule has 5 heteroatoms. The van der Waals surface area contributed by atoms with Crippen molar-refractivity contribution in [3.05, 3.63) is 90.5 Å². The van der Waals surface area contributed by atoms with Crippen LogP contribution in [0, 0.1) is 0 Å². The Hall–Kier alpha value is -3.31. The molecule has 0 spiro atoms. The zero-order valence-electron chi connectivity index (χ0n) is 16.2. The smallest absolute Gasteiger partial charge is 0.182 e. The first kappa shape index (κ1) is 17.8. The molecule has 1 unspecified atom stereocenters. The fraction of sp³-hybridized carbons (Fsp3) is 0.208. The van der Waals surface area contributed by atoms with Gasteiger partial charge in [0.05, 0.1) is 0 Å². The van der Waals surface area contributed by atoms with Gasteiger partial charge in [0.2, 0.25) is 0 Å². The Morgan fingerprint density at radius 2 is 1.66 bits per heavy atom. The van der Waals surface area contributed by atoms with Gasteiger partial charge in [-0.25, -0.2) is 4.98 Å². The second kappa shape index (κ2) is 7.97. The molecule has 1 fully saturated rings. The van der Waals surface area contributed by atoms with Gasteiger partial charge in [0, 0.05) is 42.5 Å². The van der Waals surface area contributed by atoms with Gasteiger partial charge in [0.25, 0.3) is 0 Å². The van der Waals surface area contributed by atoms with Crippen molar-refractivity contribution in [3.63, 3.8) is 0 Å². The molecular weight excluding hydrogens is 358 g/mol. The Morgan fingerprint density at radius 3 is 2.48 bits per heavy atom. The Bertz CT molecular complexity index is 1070. The Labute approximate surface area is 170 Å². The standard InChI is InChI=1S/C24H23N5/c1-3-7-18(8-4-1)16-29-12-11-20(17-29)23-26-24(28-27-23)22-13-21(14-25-15-22)19-9-5-2-6-10-19/h1-10,13-15,20H,11-12,16-17H2,(H,26,27,28). The Morgan fingerprint density at radius 1 is 0.897 bits per heavy atom. The third-order valence-electron chi connectivity index (χ3n) is 5.51. The number of hydrogen-bond donors (Lipinski definition) is 1. The van der Waals surface area contributed by atoms with Crippen LogP contribution in [0.1, 0.15) is 23.7 Å². The number of nitrogens with zero attached hydrogens (tertiary/aromatic N) is 4. The molecule has 2 aromatic heterocycles. The second-order valence-electron chi connectivity index (χ2n) is 7.58. The van der Waals surface area contributed by atoms with Gasteiger partial charge in [0.15, 0.2) is 5.82 Å². The third kappa shape index (κ3) is 3.96. The number of rotatable bonds is 5. The minimum atomic E-state index is 0.394. The summed E-state index contributed by atoms with van der Waals surface area (Å²) in [6.45, 7) is 3.08. The summed E-state index contributed by atoms with van der Waals surface area (Å²) in [6.07, 6.45) is 4.81. The molecule has 1 N–H and O–H groups in total. The topological polar surface area (TPSA) is 57.7 Å². The van der Waals surface area contributed by atoms with E-state index < -0.39 is 0 Å². The minimum absolute atomic E-state index is 0.394. The largest absolute Gasteiger partial charge is 0.298 e. The molecule has 0 saturated carbocycles. The highest BCUT2D eigenvalue weighted by Gasteiger charge is 2.26. The molecule has 5 rings (SSSR count). The van der Waals surface area contributed by atoms with Crippen LogP contribution in [0.25, 0.3) is 22.5 Å². The normalized spacial score (nSPS) is 16.9. The van der Waals surface area contributed by atoms with Crippen molar-refractivity contribution < 1.29 is 0 Å². The number of H-pyrrole nitrogens is 1. The van der Waals surface area contributed by atoms with Gasteiger partial charge < -0.3 is 0 Å². The Kier molecular flexibility index (Phi) is 4.88. The van der Waals surface area contributed by atoms with E-state index in [2.05, 4.69) is 68.6 Å². The quantitative estimate of drug-likeness (QED) is 0.552. The third-order valence-corrected chi connectivity index (χ3v) is 5.51. The molecule has 0 aliphatic carbocycles. The lowest BCUT2D eigenvalue weighted by Crippen LogP contribution is -2.19. The number of benzene rings is 2. The van der Waals surface area contributed by atoms with E-state index >= 15 is 0 Å². The molecule has 4 aromatic rings. The molecule has 1 atom stereocenters. The minimum Gasteiger partial charge on any atom is -0.298 e. The van der Waals surface area contributed by atoms with Crippen LogP contribution in [0.3, 0.4) is 0 Å². The van der Waals surface area contributed by atoms with Gasteiger partial charge in [0.1, 0.15) is 5.82 Å². The summed E-state index contributed by atoms with van der Waals surface area (Å²) in [5.74, 6) is 2.08. The zero-order chi connectivity index (χ0) is 19.5. The van der Waals surface area contributed by atoms with Crippen LogP contribution in [-0.4, -0.2) is 38.2 Å². The first-order valence-electron chi connectivity index (χ1n) is 10.0. The van der Waals surface area contributed by atoms with Gasteiger partial charge in [-0.1, -0.05) is 60.7 Å². The summed E-state index contributed by atoms with van der Waals surface area (Å²) in [5, 5.41) is 7.65.